The summed E-state index contributed by atoms with van der Waals surface area (Å²) >= 11 is 5.90. The first kappa shape index (κ1) is 15.8. The summed E-state index contributed by atoms with van der Waals surface area (Å²) in [7, 11) is 0. The van der Waals surface area contributed by atoms with Crippen molar-refractivity contribution in [1.29, 1.82) is 0 Å². The minimum absolute atomic E-state index is 0.0548. The number of hydrogen-bond donors (Lipinski definition) is 0. The van der Waals surface area contributed by atoms with Gasteiger partial charge in [0.05, 0.1) is 10.6 Å². The van der Waals surface area contributed by atoms with Gasteiger partial charge in [0.25, 0.3) is 5.91 Å². The van der Waals surface area contributed by atoms with E-state index in [-0.39, 0.29) is 28.6 Å². The molecular formula is C15H18ClFN2O2. The molecule has 114 valence electrons. The Balaban J connectivity index is 2.19. The maximum absolute atomic E-state index is 13.8. The molecule has 6 heteroatoms. The van der Waals surface area contributed by atoms with Crippen LogP contribution in [0.4, 0.5) is 4.39 Å². The van der Waals surface area contributed by atoms with Gasteiger partial charge in [-0.05, 0) is 32.9 Å². The van der Waals surface area contributed by atoms with E-state index >= 15 is 0 Å². The van der Waals surface area contributed by atoms with E-state index in [1.54, 1.807) is 4.90 Å². The highest BCUT2D eigenvalue weighted by atomic mass is 35.5. The molecule has 2 amide bonds. The zero-order chi connectivity index (χ0) is 15.8. The van der Waals surface area contributed by atoms with Crippen LogP contribution in [-0.2, 0) is 4.79 Å². The van der Waals surface area contributed by atoms with E-state index in [0.29, 0.717) is 13.1 Å². The van der Waals surface area contributed by atoms with Crippen molar-refractivity contribution in [3.05, 3.63) is 34.6 Å². The smallest absolute Gasteiger partial charge is 0.258 e. The highest BCUT2D eigenvalue weighted by molar-refractivity contribution is 6.33. The lowest BCUT2D eigenvalue weighted by atomic mass is 10.0. The summed E-state index contributed by atoms with van der Waals surface area (Å²) in [5.74, 6) is -1.35. The SMILES string of the molecule is CC(C)(C)N1CCN(C(=O)c2c(F)cccc2Cl)CC1=O. The molecule has 0 bridgehead atoms. The second-order valence-electron chi connectivity index (χ2n) is 6.04. The third-order valence-corrected chi connectivity index (χ3v) is 3.81. The molecule has 1 aliphatic rings. The number of hydrogen-bond acceptors (Lipinski definition) is 2. The number of amides is 2. The predicted molar refractivity (Wildman–Crippen MR) is 78.8 cm³/mol. The average Bonchev–Trinajstić information content (AvgIpc) is 2.36. The molecule has 0 radical (unpaired) electrons. The van der Waals surface area contributed by atoms with Gasteiger partial charge in [0.15, 0.2) is 0 Å². The van der Waals surface area contributed by atoms with Crippen molar-refractivity contribution in [2.75, 3.05) is 19.6 Å². The van der Waals surface area contributed by atoms with Crippen LogP contribution in [0.5, 0.6) is 0 Å². The molecule has 0 saturated carbocycles. The van der Waals surface area contributed by atoms with E-state index in [2.05, 4.69) is 0 Å². The van der Waals surface area contributed by atoms with E-state index in [1.807, 2.05) is 20.8 Å². The number of halogens is 2. The Kier molecular flexibility index (Phi) is 4.23. The Morgan fingerprint density at radius 1 is 1.29 bits per heavy atom. The van der Waals surface area contributed by atoms with Crippen molar-refractivity contribution in [1.82, 2.24) is 9.80 Å². The fraction of sp³-hybridized carbons (Fsp3) is 0.467. The molecule has 0 aliphatic carbocycles. The zero-order valence-electron chi connectivity index (χ0n) is 12.3. The molecule has 1 aliphatic heterocycles. The highest BCUT2D eigenvalue weighted by Gasteiger charge is 2.34. The van der Waals surface area contributed by atoms with Crippen LogP contribution in [0.15, 0.2) is 18.2 Å². The standard InChI is InChI=1S/C15H18ClFN2O2/c1-15(2,3)19-8-7-18(9-12(19)20)14(21)13-10(16)5-4-6-11(13)17/h4-6H,7-9H2,1-3H3. The molecule has 4 nitrogen and oxygen atoms in total. The molecule has 0 atom stereocenters. The van der Waals surface area contributed by atoms with Crippen LogP contribution in [-0.4, -0.2) is 46.8 Å². The number of piperazine rings is 1. The lowest BCUT2D eigenvalue weighted by Crippen LogP contribution is -2.58. The summed E-state index contributed by atoms with van der Waals surface area (Å²) in [5, 5.41) is 0.0608. The van der Waals surface area contributed by atoms with Crippen LogP contribution < -0.4 is 0 Å². The second kappa shape index (κ2) is 5.64. The molecule has 1 aromatic carbocycles. The van der Waals surface area contributed by atoms with Crippen LogP contribution >= 0.6 is 11.6 Å². The van der Waals surface area contributed by atoms with Crippen LogP contribution in [0, 0.1) is 5.82 Å². The van der Waals surface area contributed by atoms with Gasteiger partial charge in [-0.1, -0.05) is 17.7 Å². The van der Waals surface area contributed by atoms with Crippen LogP contribution in [0.25, 0.3) is 0 Å². The number of nitrogens with zero attached hydrogens (tertiary/aromatic N) is 2. The van der Waals surface area contributed by atoms with E-state index in [9.17, 15) is 14.0 Å². The maximum atomic E-state index is 13.8. The van der Waals surface area contributed by atoms with Gasteiger partial charge in [0.2, 0.25) is 5.91 Å². The van der Waals surface area contributed by atoms with Crippen LogP contribution in [0.1, 0.15) is 31.1 Å². The highest BCUT2D eigenvalue weighted by Crippen LogP contribution is 2.23. The fourth-order valence-electron chi connectivity index (χ4n) is 2.42. The fourth-order valence-corrected chi connectivity index (χ4v) is 2.66. The van der Waals surface area contributed by atoms with Gasteiger partial charge in [-0.15, -0.1) is 0 Å². The minimum atomic E-state index is -0.668. The lowest BCUT2D eigenvalue weighted by Gasteiger charge is -2.42. The summed E-state index contributed by atoms with van der Waals surface area (Å²) in [6, 6.07) is 4.09. The van der Waals surface area contributed by atoms with Crippen molar-refractivity contribution in [3.63, 3.8) is 0 Å². The normalized spacial score (nSPS) is 16.3. The van der Waals surface area contributed by atoms with E-state index in [0.717, 1.165) is 0 Å². The molecule has 2 rings (SSSR count). The maximum Gasteiger partial charge on any atom is 0.258 e. The Morgan fingerprint density at radius 3 is 2.48 bits per heavy atom. The molecule has 0 spiro atoms. The number of rotatable bonds is 1. The zero-order valence-corrected chi connectivity index (χ0v) is 13.1. The molecular weight excluding hydrogens is 295 g/mol. The Bertz CT molecular complexity index is 563. The third-order valence-electron chi connectivity index (χ3n) is 3.49. The predicted octanol–water partition coefficient (Wildman–Crippen LogP) is 2.56. The van der Waals surface area contributed by atoms with Gasteiger partial charge in [-0.2, -0.15) is 0 Å². The molecule has 21 heavy (non-hydrogen) atoms. The molecule has 1 heterocycles. The first-order valence-corrected chi connectivity index (χ1v) is 7.13. The molecule has 1 aromatic rings. The lowest BCUT2D eigenvalue weighted by molar-refractivity contribution is -0.140. The largest absolute Gasteiger partial charge is 0.335 e. The summed E-state index contributed by atoms with van der Waals surface area (Å²) in [5.41, 5.74) is -0.460. The van der Waals surface area contributed by atoms with Gasteiger partial charge in [0.1, 0.15) is 12.4 Å². The first-order valence-electron chi connectivity index (χ1n) is 6.75. The Hall–Kier alpha value is -1.62. The van der Waals surface area contributed by atoms with E-state index in [4.69, 9.17) is 11.6 Å². The van der Waals surface area contributed by atoms with Crippen molar-refractivity contribution >= 4 is 23.4 Å². The minimum Gasteiger partial charge on any atom is -0.335 e. The van der Waals surface area contributed by atoms with E-state index < -0.39 is 11.7 Å². The van der Waals surface area contributed by atoms with Gasteiger partial charge in [0, 0.05) is 18.6 Å². The number of benzene rings is 1. The molecule has 0 unspecified atom stereocenters. The molecule has 0 N–H and O–H groups in total. The number of carbonyl (C=O) groups excluding carboxylic acids is 2. The average molecular weight is 313 g/mol. The van der Waals surface area contributed by atoms with Gasteiger partial charge in [-0.25, -0.2) is 4.39 Å². The van der Waals surface area contributed by atoms with Gasteiger partial charge < -0.3 is 9.80 Å². The molecule has 1 fully saturated rings. The van der Waals surface area contributed by atoms with Crippen molar-refractivity contribution < 1.29 is 14.0 Å². The van der Waals surface area contributed by atoms with Crippen LogP contribution in [0.3, 0.4) is 0 Å². The Morgan fingerprint density at radius 2 is 1.95 bits per heavy atom. The summed E-state index contributed by atoms with van der Waals surface area (Å²) < 4.78 is 13.8. The summed E-state index contributed by atoms with van der Waals surface area (Å²) in [6.07, 6.45) is 0. The molecule has 0 aromatic heterocycles. The first-order chi connectivity index (χ1) is 9.71. The van der Waals surface area contributed by atoms with Gasteiger partial charge >= 0.3 is 0 Å². The quantitative estimate of drug-likeness (QED) is 0.799. The Labute approximate surface area is 128 Å². The molecule has 1 saturated heterocycles. The topological polar surface area (TPSA) is 40.6 Å². The van der Waals surface area contributed by atoms with E-state index in [1.165, 1.54) is 23.1 Å². The summed E-state index contributed by atoms with van der Waals surface area (Å²) in [4.78, 5) is 27.6. The van der Waals surface area contributed by atoms with Crippen LogP contribution in [0.2, 0.25) is 5.02 Å². The van der Waals surface area contributed by atoms with Crippen molar-refractivity contribution in [2.24, 2.45) is 0 Å². The third kappa shape index (κ3) is 3.18. The summed E-state index contributed by atoms with van der Waals surface area (Å²) in [6.45, 7) is 6.57. The second-order valence-corrected chi connectivity index (χ2v) is 6.45. The van der Waals surface area contributed by atoms with Crippen molar-refractivity contribution in [2.45, 2.75) is 26.3 Å². The van der Waals surface area contributed by atoms with Gasteiger partial charge in [-0.3, -0.25) is 9.59 Å². The van der Waals surface area contributed by atoms with Crippen molar-refractivity contribution in [3.8, 4) is 0 Å². The monoisotopic (exact) mass is 312 g/mol. The number of carbonyl (C=O) groups is 2.